The third kappa shape index (κ3) is 3.11. The lowest BCUT2D eigenvalue weighted by Gasteiger charge is -2.39. The summed E-state index contributed by atoms with van der Waals surface area (Å²) in [7, 11) is 2.09. The zero-order chi connectivity index (χ0) is 21.9. The standard InChI is InChI=1S/C29H32NO/c1-19-13-16-25-24-11-7-10-23(22-15-14-20-8-3-4-9-21(20)18-22)28(24)31-29(25)27(19)26-12-5-6-17-30(26)2/h5-7,10-13,16-17,20-22H,3-4,8-9,14-15,18H2,1-2H3/q+1/i22D. The van der Waals surface area contributed by atoms with Crippen molar-refractivity contribution in [1.82, 2.24) is 0 Å². The molecule has 2 nitrogen and oxygen atoms in total. The van der Waals surface area contributed by atoms with E-state index in [1.54, 1.807) is 0 Å². The van der Waals surface area contributed by atoms with Crippen molar-refractivity contribution < 1.29 is 10.4 Å². The molecule has 158 valence electrons. The monoisotopic (exact) mass is 411 g/mol. The summed E-state index contributed by atoms with van der Waals surface area (Å²) in [5.74, 6) is 0.999. The molecule has 2 heteroatoms. The fourth-order valence-corrected chi connectivity index (χ4v) is 6.30. The molecule has 0 bridgehead atoms. The van der Waals surface area contributed by atoms with E-state index in [2.05, 4.69) is 73.3 Å². The van der Waals surface area contributed by atoms with E-state index in [9.17, 15) is 1.37 Å². The van der Waals surface area contributed by atoms with Gasteiger partial charge in [0, 0.05) is 24.3 Å². The maximum absolute atomic E-state index is 9.57. The Hall–Kier alpha value is -2.61. The minimum absolute atomic E-state index is 0.543. The fraction of sp³-hybridized carbons (Fsp3) is 0.414. The molecular formula is C29H32NO+. The first kappa shape index (κ1) is 18.0. The molecule has 2 fully saturated rings. The van der Waals surface area contributed by atoms with Gasteiger partial charge in [-0.05, 0) is 61.1 Å². The van der Waals surface area contributed by atoms with Crippen LogP contribution in [0.15, 0.2) is 59.1 Å². The van der Waals surface area contributed by atoms with Crippen molar-refractivity contribution in [1.29, 1.82) is 0 Å². The Morgan fingerprint density at radius 1 is 0.871 bits per heavy atom. The summed E-state index contributed by atoms with van der Waals surface area (Å²) in [5.41, 5.74) is 6.49. The molecule has 3 atom stereocenters. The number of para-hydroxylation sites is 1. The van der Waals surface area contributed by atoms with Gasteiger partial charge in [0.25, 0.3) is 0 Å². The molecule has 3 unspecified atom stereocenters. The van der Waals surface area contributed by atoms with E-state index in [0.717, 1.165) is 57.5 Å². The van der Waals surface area contributed by atoms with Gasteiger partial charge in [-0.25, -0.2) is 4.57 Å². The minimum atomic E-state index is -0.543. The van der Waals surface area contributed by atoms with Gasteiger partial charge in [-0.2, -0.15) is 0 Å². The summed E-state index contributed by atoms with van der Waals surface area (Å²) >= 11 is 0. The second kappa shape index (κ2) is 7.51. The van der Waals surface area contributed by atoms with Crippen molar-refractivity contribution in [2.24, 2.45) is 18.9 Å². The average molecular weight is 412 g/mol. The predicted molar refractivity (Wildman–Crippen MR) is 127 cm³/mol. The van der Waals surface area contributed by atoms with Gasteiger partial charge in [0.15, 0.2) is 6.20 Å². The van der Waals surface area contributed by atoms with Crippen LogP contribution in [0.3, 0.4) is 0 Å². The van der Waals surface area contributed by atoms with E-state index >= 15 is 0 Å². The van der Waals surface area contributed by atoms with Gasteiger partial charge in [0.05, 0.1) is 5.56 Å². The zero-order valence-corrected chi connectivity index (χ0v) is 18.7. The molecule has 31 heavy (non-hydrogen) atoms. The van der Waals surface area contributed by atoms with E-state index in [1.165, 1.54) is 37.7 Å². The molecule has 2 aromatic carbocycles. The van der Waals surface area contributed by atoms with Crippen molar-refractivity contribution in [2.45, 2.75) is 57.8 Å². The largest absolute Gasteiger partial charge is 0.455 e. The molecule has 0 N–H and O–H groups in total. The van der Waals surface area contributed by atoms with Crippen LogP contribution in [0.5, 0.6) is 0 Å². The zero-order valence-electron chi connectivity index (χ0n) is 19.7. The molecule has 2 aromatic heterocycles. The molecule has 0 saturated heterocycles. The number of rotatable bonds is 2. The van der Waals surface area contributed by atoms with Gasteiger partial charge in [-0.3, -0.25) is 0 Å². The van der Waals surface area contributed by atoms with Crippen LogP contribution >= 0.6 is 0 Å². The topological polar surface area (TPSA) is 17.0 Å². The van der Waals surface area contributed by atoms with Crippen molar-refractivity contribution in [3.8, 4) is 11.3 Å². The first-order chi connectivity index (χ1) is 15.5. The summed E-state index contributed by atoms with van der Waals surface area (Å²) < 4.78 is 18.5. The Morgan fingerprint density at radius 2 is 1.71 bits per heavy atom. The highest BCUT2D eigenvalue weighted by atomic mass is 16.3. The highest BCUT2D eigenvalue weighted by molar-refractivity contribution is 6.10. The Morgan fingerprint density at radius 3 is 2.58 bits per heavy atom. The normalized spacial score (nSPS) is 26.7. The second-order valence-corrected chi connectivity index (χ2v) is 9.77. The van der Waals surface area contributed by atoms with Crippen LogP contribution in [0.25, 0.3) is 33.2 Å². The number of fused-ring (bicyclic) bond motifs is 4. The molecule has 0 spiro atoms. The third-order valence-corrected chi connectivity index (χ3v) is 7.96. The van der Waals surface area contributed by atoms with Crippen LogP contribution in [0.2, 0.25) is 0 Å². The summed E-state index contributed by atoms with van der Waals surface area (Å²) in [6.45, 7) is 2.16. The van der Waals surface area contributed by atoms with Crippen molar-refractivity contribution >= 4 is 21.9 Å². The van der Waals surface area contributed by atoms with Crippen molar-refractivity contribution in [3.05, 3.63) is 65.9 Å². The molecule has 2 saturated carbocycles. The molecule has 0 amide bonds. The second-order valence-electron chi connectivity index (χ2n) is 9.77. The highest BCUT2D eigenvalue weighted by Gasteiger charge is 2.34. The SMILES string of the molecule is [2H]C1(c2cccc3c2oc2c(-c4cccc[n+]4C)c(C)ccc23)CCC2CCCCC2C1. The number of nitrogens with zero attached hydrogens (tertiary/aromatic N) is 1. The molecule has 4 aromatic rings. The number of aryl methyl sites for hydroxylation is 2. The van der Waals surface area contributed by atoms with E-state index in [0.29, 0.717) is 5.92 Å². The lowest BCUT2D eigenvalue weighted by molar-refractivity contribution is -0.660. The molecular weight excluding hydrogens is 378 g/mol. The summed E-state index contributed by atoms with van der Waals surface area (Å²) in [6.07, 6.45) is 10.6. The van der Waals surface area contributed by atoms with Crippen molar-refractivity contribution in [3.63, 3.8) is 0 Å². The lowest BCUT2D eigenvalue weighted by Crippen LogP contribution is -2.30. The Bertz CT molecular complexity index is 1320. The number of hydrogen-bond acceptors (Lipinski definition) is 1. The fourth-order valence-electron chi connectivity index (χ4n) is 6.30. The number of pyridine rings is 1. The van der Waals surface area contributed by atoms with Crippen LogP contribution in [0.4, 0.5) is 0 Å². The Kier molecular flexibility index (Phi) is 4.36. The molecule has 2 aliphatic rings. The maximum Gasteiger partial charge on any atom is 0.216 e. The van der Waals surface area contributed by atoms with Crippen LogP contribution in [0, 0.1) is 18.8 Å². The summed E-state index contributed by atoms with van der Waals surface area (Å²) in [4.78, 5) is 0. The van der Waals surface area contributed by atoms with E-state index in [4.69, 9.17) is 4.42 Å². The highest BCUT2D eigenvalue weighted by Crippen LogP contribution is 2.48. The maximum atomic E-state index is 9.57. The van der Waals surface area contributed by atoms with Gasteiger partial charge in [0.1, 0.15) is 18.2 Å². The first-order valence-corrected chi connectivity index (χ1v) is 12.0. The van der Waals surface area contributed by atoms with Gasteiger partial charge >= 0.3 is 0 Å². The number of benzene rings is 2. The van der Waals surface area contributed by atoms with Crippen LogP contribution in [0.1, 0.15) is 63.3 Å². The first-order valence-electron chi connectivity index (χ1n) is 12.5. The quantitative estimate of drug-likeness (QED) is 0.313. The molecule has 0 radical (unpaired) electrons. The van der Waals surface area contributed by atoms with Gasteiger partial charge < -0.3 is 4.42 Å². The third-order valence-electron chi connectivity index (χ3n) is 7.96. The summed E-state index contributed by atoms with van der Waals surface area (Å²) in [5, 5.41) is 2.30. The predicted octanol–water partition coefficient (Wildman–Crippen LogP) is 7.46. The van der Waals surface area contributed by atoms with Crippen LogP contribution in [-0.4, -0.2) is 0 Å². The Balaban J connectivity index is 1.55. The number of hydrogen-bond donors (Lipinski definition) is 0. The number of furan rings is 1. The van der Waals surface area contributed by atoms with E-state index in [-0.39, 0.29) is 0 Å². The van der Waals surface area contributed by atoms with Gasteiger partial charge in [0.2, 0.25) is 5.69 Å². The molecule has 6 rings (SSSR count). The van der Waals surface area contributed by atoms with Crippen LogP contribution < -0.4 is 4.57 Å². The molecule has 2 heterocycles. The average Bonchev–Trinajstić information content (AvgIpc) is 3.18. The minimum Gasteiger partial charge on any atom is -0.455 e. The summed E-state index contributed by atoms with van der Waals surface area (Å²) in [6, 6.07) is 17.2. The smallest absolute Gasteiger partial charge is 0.216 e. The van der Waals surface area contributed by atoms with Crippen molar-refractivity contribution in [2.75, 3.05) is 0 Å². The van der Waals surface area contributed by atoms with E-state index < -0.39 is 5.89 Å². The van der Waals surface area contributed by atoms with E-state index in [1.807, 2.05) is 0 Å². The lowest BCUT2D eigenvalue weighted by atomic mass is 9.66. The van der Waals surface area contributed by atoms with Gasteiger partial charge in [-0.15, -0.1) is 0 Å². The molecule has 0 aliphatic heterocycles. The molecule has 2 aliphatic carbocycles. The Labute approximate surface area is 186 Å². The number of aromatic nitrogens is 1. The van der Waals surface area contributed by atoms with Gasteiger partial charge in [-0.1, -0.05) is 56.0 Å². The van der Waals surface area contributed by atoms with Crippen LogP contribution in [-0.2, 0) is 7.05 Å².